The highest BCUT2D eigenvalue weighted by atomic mass is 16.2. The molecule has 0 aromatic heterocycles. The Kier molecular flexibility index (Phi) is 6.57. The molecular weight excluding hydrogens is 188 g/mol. The van der Waals surface area contributed by atoms with E-state index in [1.165, 1.54) is 0 Å². The van der Waals surface area contributed by atoms with Crippen LogP contribution in [0.2, 0.25) is 0 Å². The van der Waals surface area contributed by atoms with Crippen LogP contribution in [0.25, 0.3) is 0 Å². The third-order valence-corrected chi connectivity index (χ3v) is 3.22. The lowest BCUT2D eigenvalue weighted by molar-refractivity contribution is -0.132. The first-order chi connectivity index (χ1) is 6.90. The molecule has 0 aliphatic rings. The largest absolute Gasteiger partial charge is 0.343 e. The van der Waals surface area contributed by atoms with Gasteiger partial charge >= 0.3 is 0 Å². The summed E-state index contributed by atoms with van der Waals surface area (Å²) in [5.74, 6) is 1.18. The van der Waals surface area contributed by atoms with Crippen LogP contribution in [0.4, 0.5) is 0 Å². The van der Waals surface area contributed by atoms with Crippen LogP contribution in [0.3, 0.4) is 0 Å². The van der Waals surface area contributed by atoms with E-state index < -0.39 is 0 Å². The molecule has 0 aliphatic carbocycles. The van der Waals surface area contributed by atoms with Gasteiger partial charge in [-0.05, 0) is 31.7 Å². The molecule has 2 atom stereocenters. The summed E-state index contributed by atoms with van der Waals surface area (Å²) in [5, 5.41) is 0. The maximum absolute atomic E-state index is 11.8. The minimum absolute atomic E-state index is 0.233. The van der Waals surface area contributed by atoms with Crippen LogP contribution in [-0.2, 0) is 4.79 Å². The Bertz CT molecular complexity index is 192. The molecule has 0 spiro atoms. The van der Waals surface area contributed by atoms with Gasteiger partial charge in [0.1, 0.15) is 0 Å². The Balaban J connectivity index is 3.99. The first-order valence-electron chi connectivity index (χ1n) is 5.85. The number of rotatable bonds is 6. The average Bonchev–Trinajstić information content (AvgIpc) is 2.22. The molecule has 0 bridgehead atoms. The molecule has 90 valence electrons. The van der Waals surface area contributed by atoms with Gasteiger partial charge in [0, 0.05) is 19.5 Å². The normalized spacial score (nSPS) is 15.1. The van der Waals surface area contributed by atoms with E-state index in [9.17, 15) is 4.79 Å². The Morgan fingerprint density at radius 1 is 1.27 bits per heavy atom. The molecule has 0 radical (unpaired) electrons. The van der Waals surface area contributed by atoms with Crippen molar-refractivity contribution in [3.8, 4) is 0 Å². The van der Waals surface area contributed by atoms with E-state index in [-0.39, 0.29) is 5.91 Å². The van der Waals surface area contributed by atoms with E-state index in [0.29, 0.717) is 30.8 Å². The van der Waals surface area contributed by atoms with E-state index in [0.717, 1.165) is 6.42 Å². The fraction of sp³-hybridized carbons (Fsp3) is 0.917. The highest BCUT2D eigenvalue weighted by molar-refractivity contribution is 5.76. The minimum atomic E-state index is 0.233. The molecule has 2 unspecified atom stereocenters. The number of carbonyl (C=O) groups is 1. The van der Waals surface area contributed by atoms with E-state index in [2.05, 4.69) is 27.7 Å². The molecule has 0 rings (SSSR count). The number of carbonyl (C=O) groups excluding carboxylic acids is 1. The maximum Gasteiger partial charge on any atom is 0.222 e. The summed E-state index contributed by atoms with van der Waals surface area (Å²) < 4.78 is 0. The zero-order valence-corrected chi connectivity index (χ0v) is 10.8. The quantitative estimate of drug-likeness (QED) is 0.733. The Labute approximate surface area is 94.0 Å². The van der Waals surface area contributed by atoms with Crippen LogP contribution in [0.1, 0.15) is 40.5 Å². The number of hydrogen-bond acceptors (Lipinski definition) is 2. The fourth-order valence-corrected chi connectivity index (χ4v) is 1.34. The number of hydrogen-bond donors (Lipinski definition) is 1. The summed E-state index contributed by atoms with van der Waals surface area (Å²) in [7, 11) is 1.89. The third-order valence-electron chi connectivity index (χ3n) is 3.22. The van der Waals surface area contributed by atoms with Gasteiger partial charge in [0.15, 0.2) is 0 Å². The topological polar surface area (TPSA) is 46.3 Å². The molecule has 3 heteroatoms. The second-order valence-electron chi connectivity index (χ2n) is 4.87. The molecule has 15 heavy (non-hydrogen) atoms. The number of amides is 1. The molecular formula is C12H26N2O. The van der Waals surface area contributed by atoms with E-state index >= 15 is 0 Å². The van der Waals surface area contributed by atoms with Gasteiger partial charge in [-0.3, -0.25) is 4.79 Å². The van der Waals surface area contributed by atoms with Crippen molar-refractivity contribution in [1.29, 1.82) is 0 Å². The molecule has 0 heterocycles. The van der Waals surface area contributed by atoms with Crippen LogP contribution in [0, 0.1) is 11.8 Å². The highest BCUT2D eigenvalue weighted by Gasteiger charge is 2.18. The van der Waals surface area contributed by atoms with Crippen molar-refractivity contribution in [2.75, 3.05) is 13.6 Å². The summed E-state index contributed by atoms with van der Waals surface area (Å²) in [4.78, 5) is 13.6. The van der Waals surface area contributed by atoms with Crippen molar-refractivity contribution in [1.82, 2.24) is 4.90 Å². The van der Waals surface area contributed by atoms with Gasteiger partial charge in [-0.1, -0.05) is 20.8 Å². The predicted molar refractivity (Wildman–Crippen MR) is 64.5 cm³/mol. The van der Waals surface area contributed by atoms with E-state index in [4.69, 9.17) is 5.73 Å². The van der Waals surface area contributed by atoms with Gasteiger partial charge in [0.05, 0.1) is 0 Å². The minimum Gasteiger partial charge on any atom is -0.343 e. The maximum atomic E-state index is 11.8. The standard InChI is InChI=1S/C12H26N2O/c1-9(2)11(4)14(5)12(15)7-6-10(3)8-13/h9-11H,6-8,13H2,1-5H3. The van der Waals surface area contributed by atoms with Gasteiger partial charge in [0.2, 0.25) is 5.91 Å². The van der Waals surface area contributed by atoms with Gasteiger partial charge in [-0.2, -0.15) is 0 Å². The van der Waals surface area contributed by atoms with Crippen molar-refractivity contribution in [2.45, 2.75) is 46.6 Å². The van der Waals surface area contributed by atoms with Crippen LogP contribution >= 0.6 is 0 Å². The summed E-state index contributed by atoms with van der Waals surface area (Å²) >= 11 is 0. The smallest absolute Gasteiger partial charge is 0.222 e. The zero-order valence-electron chi connectivity index (χ0n) is 10.8. The van der Waals surface area contributed by atoms with Crippen molar-refractivity contribution < 1.29 is 4.79 Å². The summed E-state index contributed by atoms with van der Waals surface area (Å²) in [6.45, 7) is 9.11. The molecule has 0 saturated heterocycles. The molecule has 0 fully saturated rings. The second-order valence-corrected chi connectivity index (χ2v) is 4.87. The zero-order chi connectivity index (χ0) is 12.0. The summed E-state index contributed by atoms with van der Waals surface area (Å²) in [5.41, 5.74) is 5.52. The lowest BCUT2D eigenvalue weighted by atomic mass is 10.0. The first kappa shape index (κ1) is 14.4. The van der Waals surface area contributed by atoms with Crippen molar-refractivity contribution in [2.24, 2.45) is 17.6 Å². The number of nitrogens with zero attached hydrogens (tertiary/aromatic N) is 1. The van der Waals surface area contributed by atoms with Crippen LogP contribution in [0.5, 0.6) is 0 Å². The first-order valence-corrected chi connectivity index (χ1v) is 5.85. The second kappa shape index (κ2) is 6.83. The van der Waals surface area contributed by atoms with Gasteiger partial charge < -0.3 is 10.6 Å². The lowest BCUT2D eigenvalue weighted by Gasteiger charge is -2.28. The number of nitrogens with two attached hydrogens (primary N) is 1. The summed E-state index contributed by atoms with van der Waals surface area (Å²) in [6.07, 6.45) is 1.51. The molecule has 0 aromatic rings. The van der Waals surface area contributed by atoms with Gasteiger partial charge in [-0.15, -0.1) is 0 Å². The van der Waals surface area contributed by atoms with Crippen LogP contribution < -0.4 is 5.73 Å². The Hall–Kier alpha value is -0.570. The Morgan fingerprint density at radius 3 is 2.20 bits per heavy atom. The van der Waals surface area contributed by atoms with E-state index in [1.54, 1.807) is 0 Å². The highest BCUT2D eigenvalue weighted by Crippen LogP contribution is 2.11. The average molecular weight is 214 g/mol. The molecule has 1 amide bonds. The molecule has 0 aromatic carbocycles. The van der Waals surface area contributed by atoms with Crippen molar-refractivity contribution in [3.63, 3.8) is 0 Å². The molecule has 3 nitrogen and oxygen atoms in total. The van der Waals surface area contributed by atoms with Crippen LogP contribution in [-0.4, -0.2) is 30.4 Å². The van der Waals surface area contributed by atoms with Crippen molar-refractivity contribution in [3.05, 3.63) is 0 Å². The predicted octanol–water partition coefficient (Wildman–Crippen LogP) is 1.86. The van der Waals surface area contributed by atoms with Gasteiger partial charge in [-0.25, -0.2) is 0 Å². The van der Waals surface area contributed by atoms with E-state index in [1.807, 2.05) is 11.9 Å². The molecule has 0 aliphatic heterocycles. The van der Waals surface area contributed by atoms with Crippen LogP contribution in [0.15, 0.2) is 0 Å². The molecule has 0 saturated carbocycles. The molecule has 2 N–H and O–H groups in total. The van der Waals surface area contributed by atoms with Crippen molar-refractivity contribution >= 4 is 5.91 Å². The SMILES string of the molecule is CC(CN)CCC(=O)N(C)C(C)C(C)C. The lowest BCUT2D eigenvalue weighted by Crippen LogP contribution is -2.38. The van der Waals surface area contributed by atoms with Gasteiger partial charge in [0.25, 0.3) is 0 Å². The monoisotopic (exact) mass is 214 g/mol. The fourth-order valence-electron chi connectivity index (χ4n) is 1.34. The Morgan fingerprint density at radius 2 is 1.80 bits per heavy atom. The third kappa shape index (κ3) is 5.17. The summed E-state index contributed by atoms with van der Waals surface area (Å²) in [6, 6.07) is 0.311.